The molecule has 0 saturated carbocycles. The molecule has 0 spiro atoms. The molecule has 0 saturated heterocycles. The lowest BCUT2D eigenvalue weighted by Crippen LogP contribution is -3.00. The molecule has 0 atom stereocenters. The van der Waals surface area contributed by atoms with E-state index < -0.39 is 0 Å². The standard InChI is InChI=1S/C6H16N2.4BrH.2H3N/c7-5-3-1-2-4-6-8;;;;;;/h1-8H2;4*1H;2*1H3. The van der Waals surface area contributed by atoms with Crippen molar-refractivity contribution in [1.29, 1.82) is 0 Å². The lowest BCUT2D eigenvalue weighted by Gasteiger charge is -1.91. The molecule has 0 aromatic rings. The Hall–Kier alpha value is 1.76. The second kappa shape index (κ2) is 46.4. The van der Waals surface area contributed by atoms with Crippen molar-refractivity contribution in [2.24, 2.45) is 0 Å². The van der Waals surface area contributed by atoms with Crippen LogP contribution in [-0.2, 0) is 0 Å². The van der Waals surface area contributed by atoms with Gasteiger partial charge in [0, 0.05) is 0 Å². The van der Waals surface area contributed by atoms with E-state index in [1.54, 1.807) is 0 Å². The van der Waals surface area contributed by atoms with Crippen molar-refractivity contribution in [3.63, 3.8) is 0 Å². The fraction of sp³-hybridized carbons (Fsp3) is 1.00. The highest BCUT2D eigenvalue weighted by Crippen LogP contribution is 1.94. The van der Waals surface area contributed by atoms with Crippen molar-refractivity contribution < 1.29 is 79.4 Å². The molecule has 0 aliphatic carbocycles. The third-order valence-electron chi connectivity index (χ3n) is 1.25. The van der Waals surface area contributed by atoms with Gasteiger partial charge in [-0.25, -0.2) is 0 Å². The van der Waals surface area contributed by atoms with E-state index >= 15 is 0 Å². The smallest absolute Gasteiger partial charge is 0.0739 e. The van der Waals surface area contributed by atoms with Gasteiger partial charge >= 0.3 is 0 Å². The predicted octanol–water partition coefficient (Wildman–Crippen LogP) is -12.2. The van der Waals surface area contributed by atoms with Crippen LogP contribution in [0.1, 0.15) is 25.7 Å². The Kier molecular flexibility index (Phi) is 148. The van der Waals surface area contributed by atoms with Crippen LogP contribution in [0.5, 0.6) is 0 Å². The minimum absolute atomic E-state index is 0. The van der Waals surface area contributed by atoms with Gasteiger partial charge in [-0.05, 0) is 25.7 Å². The Morgan fingerprint density at radius 1 is 0.500 bits per heavy atom. The summed E-state index contributed by atoms with van der Waals surface area (Å²) in [6, 6.07) is 0. The fourth-order valence-corrected chi connectivity index (χ4v) is 0.707. The molecule has 8 heteroatoms. The zero-order chi connectivity index (χ0) is 6.24. The number of unbranched alkanes of at least 4 members (excludes halogenated alkanes) is 3. The summed E-state index contributed by atoms with van der Waals surface area (Å²) in [6.45, 7) is 2.19. The first-order valence-electron chi connectivity index (χ1n) is 3.50. The van der Waals surface area contributed by atoms with Gasteiger partial charge in [0.1, 0.15) is 0 Å². The molecule has 0 unspecified atom stereocenters. The molecule has 0 amide bonds. The lowest BCUT2D eigenvalue weighted by atomic mass is 10.2. The van der Waals surface area contributed by atoms with E-state index in [9.17, 15) is 0 Å². The summed E-state index contributed by atoms with van der Waals surface area (Å²) in [7, 11) is 0. The summed E-state index contributed by atoms with van der Waals surface area (Å²) in [6.07, 6.45) is 5.28. The number of halogens is 4. The van der Waals surface area contributed by atoms with E-state index in [2.05, 4.69) is 11.5 Å². The van der Waals surface area contributed by atoms with Gasteiger partial charge in [-0.1, -0.05) is 0 Å². The lowest BCUT2D eigenvalue weighted by molar-refractivity contribution is -0.371. The molecule has 0 aromatic carbocycles. The van der Waals surface area contributed by atoms with E-state index in [-0.39, 0.29) is 80.2 Å². The molecule has 98 valence electrons. The number of hydrogen-bond donors (Lipinski definition) is 4. The van der Waals surface area contributed by atoms with Crippen molar-refractivity contribution in [3.8, 4) is 0 Å². The average molecular weight is 474 g/mol. The second-order valence-corrected chi connectivity index (χ2v) is 2.12. The highest BCUT2D eigenvalue weighted by Gasteiger charge is 1.86. The average Bonchev–Trinajstić information content (AvgIpc) is 1.81. The van der Waals surface area contributed by atoms with Crippen molar-refractivity contribution >= 4 is 0 Å². The molecule has 14 heavy (non-hydrogen) atoms. The summed E-state index contributed by atoms with van der Waals surface area (Å²) in [5.41, 5.74) is 7.54. The first kappa shape index (κ1) is 44.7. The van der Waals surface area contributed by atoms with Crippen LogP contribution in [0.25, 0.3) is 0 Å². The summed E-state index contributed by atoms with van der Waals surface area (Å²) in [5.74, 6) is 0. The molecule has 0 fully saturated rings. The molecular weight excluding hydrogens is 448 g/mol. The maximum Gasteiger partial charge on any atom is 0.0739 e. The minimum Gasteiger partial charge on any atom is -1.00 e. The SMILES string of the molecule is [Br-].[Br-].[Br-].[Br-].[NH3+]CCCCCC[NH3+].[NH4+].[NH4+]. The molecule has 0 aliphatic rings. The number of rotatable bonds is 5. The molecule has 0 aliphatic heterocycles. The van der Waals surface area contributed by atoms with Crippen LogP contribution in [0, 0.1) is 0 Å². The summed E-state index contributed by atoms with van der Waals surface area (Å²) < 4.78 is 0. The van der Waals surface area contributed by atoms with E-state index in [4.69, 9.17) is 0 Å². The zero-order valence-corrected chi connectivity index (χ0v) is 15.5. The van der Waals surface area contributed by atoms with Gasteiger partial charge in [0.05, 0.1) is 13.1 Å². The van der Waals surface area contributed by atoms with Crippen LogP contribution in [0.4, 0.5) is 0 Å². The van der Waals surface area contributed by atoms with E-state index in [1.165, 1.54) is 25.7 Å². The molecule has 0 heterocycles. The zero-order valence-electron chi connectivity index (χ0n) is 9.17. The van der Waals surface area contributed by atoms with Crippen molar-refractivity contribution in [2.75, 3.05) is 13.1 Å². The normalized spacial score (nSPS) is 5.57. The van der Waals surface area contributed by atoms with Gasteiger partial charge in [-0.3, -0.25) is 0 Å². The van der Waals surface area contributed by atoms with Gasteiger partial charge < -0.3 is 91.7 Å². The third kappa shape index (κ3) is 49.0. The quantitative estimate of drug-likeness (QED) is 0.283. The van der Waals surface area contributed by atoms with Crippen LogP contribution in [-0.4, -0.2) is 13.1 Å². The van der Waals surface area contributed by atoms with Crippen molar-refractivity contribution in [1.82, 2.24) is 12.3 Å². The van der Waals surface area contributed by atoms with Crippen LogP contribution in [0.15, 0.2) is 0 Å². The van der Waals surface area contributed by atoms with Gasteiger partial charge in [-0.2, -0.15) is 0 Å². The summed E-state index contributed by atoms with van der Waals surface area (Å²) in [5, 5.41) is 0. The number of quaternary nitrogens is 4. The van der Waals surface area contributed by atoms with E-state index in [0.717, 1.165) is 13.1 Å². The molecular formula is C6H26Br4N4. The predicted molar refractivity (Wildman–Crippen MR) is 45.9 cm³/mol. The second-order valence-electron chi connectivity index (χ2n) is 2.12. The highest BCUT2D eigenvalue weighted by atomic mass is 79.9. The topological polar surface area (TPSA) is 128 Å². The summed E-state index contributed by atoms with van der Waals surface area (Å²) in [4.78, 5) is 0. The van der Waals surface area contributed by atoms with E-state index in [0.29, 0.717) is 0 Å². The van der Waals surface area contributed by atoms with Gasteiger partial charge in [0.15, 0.2) is 0 Å². The maximum absolute atomic E-state index is 3.77. The minimum atomic E-state index is 0. The highest BCUT2D eigenvalue weighted by molar-refractivity contribution is 4.38. The molecule has 4 nitrogen and oxygen atoms in total. The third-order valence-corrected chi connectivity index (χ3v) is 1.25. The maximum atomic E-state index is 3.77. The first-order chi connectivity index (χ1) is 3.91. The van der Waals surface area contributed by atoms with Crippen LogP contribution >= 0.6 is 0 Å². The number of hydrogen-bond acceptors (Lipinski definition) is 0. The van der Waals surface area contributed by atoms with Gasteiger partial charge in [0.25, 0.3) is 0 Å². The van der Waals surface area contributed by atoms with Crippen LogP contribution in [0.2, 0.25) is 0 Å². The summed E-state index contributed by atoms with van der Waals surface area (Å²) >= 11 is 0. The van der Waals surface area contributed by atoms with Crippen molar-refractivity contribution in [3.05, 3.63) is 0 Å². The largest absolute Gasteiger partial charge is 1.00 e. The Labute approximate surface area is 130 Å². The molecule has 0 aromatic heterocycles. The molecule has 0 radical (unpaired) electrons. The monoisotopic (exact) mass is 470 g/mol. The Morgan fingerprint density at radius 2 is 0.714 bits per heavy atom. The molecule has 0 bridgehead atoms. The Bertz CT molecular complexity index is 46.8. The van der Waals surface area contributed by atoms with Crippen molar-refractivity contribution in [2.45, 2.75) is 25.7 Å². The fourth-order valence-electron chi connectivity index (χ4n) is 0.707. The van der Waals surface area contributed by atoms with Gasteiger partial charge in [-0.15, -0.1) is 0 Å². The molecule has 0 rings (SSSR count). The molecule has 14 N–H and O–H groups in total. The first-order valence-corrected chi connectivity index (χ1v) is 3.50. The van der Waals surface area contributed by atoms with E-state index in [1.807, 2.05) is 0 Å². The van der Waals surface area contributed by atoms with Crippen LogP contribution in [0.3, 0.4) is 0 Å². The van der Waals surface area contributed by atoms with Gasteiger partial charge in [0.2, 0.25) is 0 Å². The van der Waals surface area contributed by atoms with Crippen LogP contribution < -0.4 is 91.7 Å². The Morgan fingerprint density at radius 3 is 0.857 bits per heavy atom. The Balaban J connectivity index is -0.0000000163.